The van der Waals surface area contributed by atoms with Gasteiger partial charge in [-0.2, -0.15) is 0 Å². The number of rotatable bonds is 6. The Hall–Kier alpha value is -1.10. The van der Waals surface area contributed by atoms with Crippen molar-refractivity contribution in [2.24, 2.45) is 23.2 Å². The summed E-state index contributed by atoms with van der Waals surface area (Å²) in [6.07, 6.45) is 9.74. The lowest BCUT2D eigenvalue weighted by atomic mass is 9.49. The van der Waals surface area contributed by atoms with Crippen molar-refractivity contribution in [1.29, 1.82) is 0 Å². The molecule has 5 fully saturated rings. The van der Waals surface area contributed by atoms with Crippen molar-refractivity contribution in [1.82, 2.24) is 15.1 Å². The Kier molecular flexibility index (Phi) is 5.27. The zero-order valence-electron chi connectivity index (χ0n) is 16.3. The van der Waals surface area contributed by atoms with Gasteiger partial charge in [0.15, 0.2) is 0 Å². The molecule has 4 aliphatic carbocycles. The highest BCUT2D eigenvalue weighted by Crippen LogP contribution is 2.60. The average Bonchev–Trinajstić information content (AvgIpc) is 2.61. The molecular formula is C21H35N3O2. The Balaban J connectivity index is 1.27. The minimum absolute atomic E-state index is 0.0194. The van der Waals surface area contributed by atoms with Crippen molar-refractivity contribution in [3.63, 3.8) is 0 Å². The van der Waals surface area contributed by atoms with Crippen molar-refractivity contribution in [2.75, 3.05) is 39.3 Å². The minimum atomic E-state index is -0.0194. The molecule has 5 aliphatic rings. The van der Waals surface area contributed by atoms with Gasteiger partial charge in [-0.05, 0) is 62.7 Å². The van der Waals surface area contributed by atoms with Crippen molar-refractivity contribution < 1.29 is 9.59 Å². The van der Waals surface area contributed by atoms with Gasteiger partial charge in [0, 0.05) is 32.7 Å². The van der Waals surface area contributed by atoms with Gasteiger partial charge in [0.25, 0.3) is 0 Å². The van der Waals surface area contributed by atoms with Gasteiger partial charge in [-0.15, -0.1) is 0 Å². The number of carbonyl (C=O) groups is 2. The van der Waals surface area contributed by atoms with Crippen molar-refractivity contribution in [3.05, 3.63) is 0 Å². The summed E-state index contributed by atoms with van der Waals surface area (Å²) in [5, 5.41) is 2.99. The molecule has 0 atom stereocenters. The average molecular weight is 362 g/mol. The van der Waals surface area contributed by atoms with Gasteiger partial charge in [-0.25, -0.2) is 0 Å². The van der Waals surface area contributed by atoms with E-state index in [1.54, 1.807) is 0 Å². The molecule has 0 aromatic rings. The fourth-order valence-corrected chi connectivity index (χ4v) is 6.48. The number of hydrogen-bond donors (Lipinski definition) is 1. The number of amides is 2. The third-order valence-corrected chi connectivity index (χ3v) is 7.37. The molecule has 4 saturated carbocycles. The van der Waals surface area contributed by atoms with E-state index >= 15 is 0 Å². The molecule has 1 saturated heterocycles. The van der Waals surface area contributed by atoms with E-state index in [0.29, 0.717) is 12.5 Å². The van der Waals surface area contributed by atoms with E-state index in [1.165, 1.54) is 19.3 Å². The van der Waals surface area contributed by atoms with Crippen LogP contribution >= 0.6 is 0 Å². The van der Waals surface area contributed by atoms with Crippen LogP contribution in [0.3, 0.4) is 0 Å². The van der Waals surface area contributed by atoms with Gasteiger partial charge < -0.3 is 10.2 Å². The topological polar surface area (TPSA) is 52.7 Å². The molecule has 5 heteroatoms. The Morgan fingerprint density at radius 1 is 0.962 bits per heavy atom. The fourth-order valence-electron chi connectivity index (χ4n) is 6.48. The highest BCUT2D eigenvalue weighted by Gasteiger charge is 2.55. The SMILES string of the molecule is CCCCNC(=O)CN1CCN(C(=O)C23CC4CC(CC(C4)C2)C3)CC1. The lowest BCUT2D eigenvalue weighted by molar-refractivity contribution is -0.159. The number of carbonyl (C=O) groups excluding carboxylic acids is 2. The first kappa shape index (κ1) is 18.3. The van der Waals surface area contributed by atoms with Crippen LogP contribution in [0.25, 0.3) is 0 Å². The van der Waals surface area contributed by atoms with E-state index in [0.717, 1.165) is 82.6 Å². The first-order valence-corrected chi connectivity index (χ1v) is 10.9. The maximum atomic E-state index is 13.4. The summed E-state index contributed by atoms with van der Waals surface area (Å²) in [5.41, 5.74) is -0.0194. The van der Waals surface area contributed by atoms with Crippen LogP contribution in [-0.4, -0.2) is 60.9 Å². The lowest BCUT2D eigenvalue weighted by Crippen LogP contribution is -2.58. The van der Waals surface area contributed by atoms with Crippen LogP contribution in [-0.2, 0) is 9.59 Å². The van der Waals surface area contributed by atoms with Crippen LogP contribution in [0.1, 0.15) is 58.3 Å². The van der Waals surface area contributed by atoms with Crippen LogP contribution in [0.15, 0.2) is 0 Å². The highest BCUT2D eigenvalue weighted by atomic mass is 16.2. The molecule has 26 heavy (non-hydrogen) atoms. The van der Waals surface area contributed by atoms with Gasteiger partial charge >= 0.3 is 0 Å². The Morgan fingerprint density at radius 2 is 1.54 bits per heavy atom. The molecule has 5 rings (SSSR count). The first-order chi connectivity index (χ1) is 12.6. The predicted molar refractivity (Wildman–Crippen MR) is 102 cm³/mol. The summed E-state index contributed by atoms with van der Waals surface area (Å²) in [5.74, 6) is 3.03. The molecule has 0 radical (unpaired) electrons. The number of hydrogen-bond acceptors (Lipinski definition) is 3. The Morgan fingerprint density at radius 3 is 2.08 bits per heavy atom. The summed E-state index contributed by atoms with van der Waals surface area (Å²) >= 11 is 0. The summed E-state index contributed by atoms with van der Waals surface area (Å²) in [4.78, 5) is 29.7. The van der Waals surface area contributed by atoms with Crippen LogP contribution in [0.4, 0.5) is 0 Å². The molecule has 0 spiro atoms. The molecule has 146 valence electrons. The standard InChI is InChI=1S/C21H35N3O2/c1-2-3-4-22-19(25)15-23-5-7-24(8-6-23)20(26)21-12-16-9-17(13-21)11-18(10-16)14-21/h16-18H,2-15H2,1H3,(H,22,25). The van der Waals surface area contributed by atoms with Gasteiger partial charge in [-0.3, -0.25) is 14.5 Å². The van der Waals surface area contributed by atoms with E-state index in [1.807, 2.05) is 0 Å². The molecule has 5 nitrogen and oxygen atoms in total. The summed E-state index contributed by atoms with van der Waals surface area (Å²) in [6.45, 7) is 6.64. The van der Waals surface area contributed by atoms with E-state index in [-0.39, 0.29) is 11.3 Å². The van der Waals surface area contributed by atoms with Crippen LogP contribution in [0, 0.1) is 23.2 Å². The maximum absolute atomic E-state index is 13.4. The first-order valence-electron chi connectivity index (χ1n) is 10.9. The van der Waals surface area contributed by atoms with E-state index in [4.69, 9.17) is 0 Å². The Labute approximate surface area is 157 Å². The fraction of sp³-hybridized carbons (Fsp3) is 0.905. The van der Waals surface area contributed by atoms with Gasteiger partial charge in [0.05, 0.1) is 12.0 Å². The molecule has 0 unspecified atom stereocenters. The number of unbranched alkanes of at least 4 members (excludes halogenated alkanes) is 1. The van der Waals surface area contributed by atoms with Gasteiger partial charge in [0.1, 0.15) is 0 Å². The number of nitrogens with zero attached hydrogens (tertiary/aromatic N) is 2. The van der Waals surface area contributed by atoms with E-state index < -0.39 is 0 Å². The van der Waals surface area contributed by atoms with E-state index in [9.17, 15) is 9.59 Å². The molecule has 2 amide bonds. The zero-order valence-corrected chi connectivity index (χ0v) is 16.3. The third kappa shape index (κ3) is 3.64. The number of nitrogens with one attached hydrogen (secondary N) is 1. The van der Waals surface area contributed by atoms with Gasteiger partial charge in [0.2, 0.25) is 11.8 Å². The normalized spacial score (nSPS) is 36.3. The second kappa shape index (κ2) is 7.49. The summed E-state index contributed by atoms with van der Waals surface area (Å²) < 4.78 is 0. The van der Waals surface area contributed by atoms with Crippen molar-refractivity contribution in [3.8, 4) is 0 Å². The highest BCUT2D eigenvalue weighted by molar-refractivity contribution is 5.83. The second-order valence-electron chi connectivity index (χ2n) is 9.47. The largest absolute Gasteiger partial charge is 0.355 e. The quantitative estimate of drug-likeness (QED) is 0.739. The molecule has 4 bridgehead atoms. The molecular weight excluding hydrogens is 326 g/mol. The molecule has 0 aromatic heterocycles. The third-order valence-electron chi connectivity index (χ3n) is 7.37. The summed E-state index contributed by atoms with van der Waals surface area (Å²) in [6, 6.07) is 0. The second-order valence-corrected chi connectivity index (χ2v) is 9.47. The van der Waals surface area contributed by atoms with Crippen LogP contribution < -0.4 is 5.32 Å². The van der Waals surface area contributed by atoms with E-state index in [2.05, 4.69) is 22.0 Å². The molecule has 1 N–H and O–H groups in total. The van der Waals surface area contributed by atoms with Crippen molar-refractivity contribution >= 4 is 11.8 Å². The Bertz CT molecular complexity index is 504. The lowest BCUT2D eigenvalue weighted by Gasteiger charge is -2.57. The maximum Gasteiger partial charge on any atom is 0.234 e. The summed E-state index contributed by atoms with van der Waals surface area (Å²) in [7, 11) is 0. The molecule has 1 aliphatic heterocycles. The van der Waals surface area contributed by atoms with Crippen LogP contribution in [0.5, 0.6) is 0 Å². The van der Waals surface area contributed by atoms with Gasteiger partial charge in [-0.1, -0.05) is 13.3 Å². The molecule has 1 heterocycles. The predicted octanol–water partition coefficient (Wildman–Crippen LogP) is 2.26. The van der Waals surface area contributed by atoms with Crippen LogP contribution in [0.2, 0.25) is 0 Å². The zero-order chi connectivity index (χ0) is 18.1. The smallest absolute Gasteiger partial charge is 0.234 e. The molecule has 0 aromatic carbocycles. The monoisotopic (exact) mass is 361 g/mol. The number of piperazine rings is 1. The van der Waals surface area contributed by atoms with Crippen molar-refractivity contribution in [2.45, 2.75) is 58.3 Å². The minimum Gasteiger partial charge on any atom is -0.355 e.